The summed E-state index contributed by atoms with van der Waals surface area (Å²) in [7, 11) is 0. The second kappa shape index (κ2) is 62.1. The van der Waals surface area contributed by atoms with E-state index >= 15 is 0 Å². The summed E-state index contributed by atoms with van der Waals surface area (Å²) < 4.78 is 5.50. The first-order valence-corrected chi connectivity index (χ1v) is 33.0. The molecule has 0 saturated heterocycles. The van der Waals surface area contributed by atoms with Crippen molar-refractivity contribution in [1.82, 2.24) is 5.32 Å². The minimum absolute atomic E-state index is 0.00772. The number of ether oxygens (including phenoxy) is 1. The Labute approximate surface area is 450 Å². The van der Waals surface area contributed by atoms with Crippen LogP contribution in [0.15, 0.2) is 12.2 Å². The van der Waals surface area contributed by atoms with Crippen molar-refractivity contribution in [3.8, 4) is 0 Å². The van der Waals surface area contributed by atoms with E-state index in [1.54, 1.807) is 6.08 Å². The highest BCUT2D eigenvalue weighted by atomic mass is 16.5. The number of hydrogen-bond donors (Lipinski definition) is 3. The molecule has 3 N–H and O–H groups in total. The van der Waals surface area contributed by atoms with Gasteiger partial charge in [0.05, 0.1) is 25.4 Å². The number of carbonyl (C=O) groups is 2. The molecule has 0 aromatic rings. The van der Waals surface area contributed by atoms with Crippen molar-refractivity contribution in [2.75, 3.05) is 13.2 Å². The van der Waals surface area contributed by atoms with Gasteiger partial charge in [-0.05, 0) is 32.1 Å². The van der Waals surface area contributed by atoms with E-state index in [-0.39, 0.29) is 18.5 Å². The average Bonchev–Trinajstić information content (AvgIpc) is 3.38. The minimum atomic E-state index is -0.849. The van der Waals surface area contributed by atoms with Gasteiger partial charge in [-0.15, -0.1) is 0 Å². The molecule has 0 aromatic heterocycles. The third-order valence-electron chi connectivity index (χ3n) is 15.6. The van der Waals surface area contributed by atoms with Gasteiger partial charge in [0.25, 0.3) is 0 Å². The maximum absolute atomic E-state index is 12.5. The Morgan fingerprint density at radius 2 is 0.639 bits per heavy atom. The van der Waals surface area contributed by atoms with Crippen LogP contribution in [0.5, 0.6) is 0 Å². The Balaban J connectivity index is 3.42. The van der Waals surface area contributed by atoms with Gasteiger partial charge in [-0.1, -0.05) is 341 Å². The van der Waals surface area contributed by atoms with Gasteiger partial charge in [-0.3, -0.25) is 9.59 Å². The number of aliphatic hydroxyl groups excluding tert-OH is 2. The molecular formula is C66H129NO5. The Hall–Kier alpha value is -1.40. The quantitative estimate of drug-likeness (QED) is 0.0320. The van der Waals surface area contributed by atoms with E-state index in [0.717, 1.165) is 44.9 Å². The average molecular weight is 1020 g/mol. The first-order valence-electron chi connectivity index (χ1n) is 33.0. The second-order valence-electron chi connectivity index (χ2n) is 22.8. The number of carbonyl (C=O) groups excluding carboxylic acids is 2. The van der Waals surface area contributed by atoms with Gasteiger partial charge in [0, 0.05) is 12.8 Å². The molecule has 0 aliphatic rings. The predicted molar refractivity (Wildman–Crippen MR) is 315 cm³/mol. The summed E-state index contributed by atoms with van der Waals surface area (Å²) >= 11 is 0. The third kappa shape index (κ3) is 57.9. The van der Waals surface area contributed by atoms with Crippen molar-refractivity contribution >= 4 is 11.9 Å². The molecule has 6 nitrogen and oxygen atoms in total. The Morgan fingerprint density at radius 3 is 0.944 bits per heavy atom. The van der Waals surface area contributed by atoms with Crippen molar-refractivity contribution in [2.24, 2.45) is 0 Å². The predicted octanol–water partition coefficient (Wildman–Crippen LogP) is 20.8. The lowest BCUT2D eigenvalue weighted by Gasteiger charge is -2.20. The Morgan fingerprint density at radius 1 is 0.375 bits per heavy atom. The number of rotatable bonds is 62. The minimum Gasteiger partial charge on any atom is -0.466 e. The van der Waals surface area contributed by atoms with Crippen LogP contribution in [0, 0.1) is 0 Å². The number of unbranched alkanes of at least 4 members (excludes halogenated alkanes) is 51. The number of aliphatic hydroxyl groups is 2. The maximum atomic E-state index is 12.5. The zero-order chi connectivity index (χ0) is 52.2. The number of hydrogen-bond acceptors (Lipinski definition) is 5. The summed E-state index contributed by atoms with van der Waals surface area (Å²) in [4.78, 5) is 24.6. The van der Waals surface area contributed by atoms with Gasteiger partial charge in [0.15, 0.2) is 0 Å². The van der Waals surface area contributed by atoms with Crippen LogP contribution in [0.2, 0.25) is 0 Å². The molecular weight excluding hydrogens is 887 g/mol. The first-order chi connectivity index (χ1) is 35.5. The summed E-state index contributed by atoms with van der Waals surface area (Å²) in [6.07, 6.45) is 75.4. The van der Waals surface area contributed by atoms with Crippen molar-refractivity contribution in [1.29, 1.82) is 0 Å². The highest BCUT2D eigenvalue weighted by Crippen LogP contribution is 2.18. The lowest BCUT2D eigenvalue weighted by molar-refractivity contribution is -0.143. The number of allylic oxidation sites excluding steroid dienone is 1. The molecule has 2 atom stereocenters. The van der Waals surface area contributed by atoms with Crippen LogP contribution in [-0.4, -0.2) is 47.4 Å². The van der Waals surface area contributed by atoms with E-state index in [4.69, 9.17) is 4.74 Å². The summed E-state index contributed by atoms with van der Waals surface area (Å²) in [5.74, 6) is -0.0626. The molecule has 0 spiro atoms. The monoisotopic (exact) mass is 1020 g/mol. The molecule has 6 heteroatoms. The van der Waals surface area contributed by atoms with E-state index in [0.29, 0.717) is 19.4 Å². The van der Waals surface area contributed by atoms with Crippen molar-refractivity contribution in [3.05, 3.63) is 12.2 Å². The summed E-state index contributed by atoms with van der Waals surface area (Å²) in [6, 6.07) is -0.633. The zero-order valence-electron chi connectivity index (χ0n) is 48.9. The second-order valence-corrected chi connectivity index (χ2v) is 22.8. The van der Waals surface area contributed by atoms with Gasteiger partial charge in [-0.2, -0.15) is 0 Å². The molecule has 0 aliphatic carbocycles. The maximum Gasteiger partial charge on any atom is 0.305 e. The van der Waals surface area contributed by atoms with E-state index in [1.807, 2.05) is 6.08 Å². The fourth-order valence-corrected chi connectivity index (χ4v) is 10.5. The molecule has 1 amide bonds. The van der Waals surface area contributed by atoms with E-state index < -0.39 is 12.1 Å². The van der Waals surface area contributed by atoms with Crippen LogP contribution >= 0.6 is 0 Å². The van der Waals surface area contributed by atoms with Crippen molar-refractivity contribution < 1.29 is 24.5 Å². The van der Waals surface area contributed by atoms with Gasteiger partial charge in [0.2, 0.25) is 5.91 Å². The van der Waals surface area contributed by atoms with Crippen LogP contribution in [0.3, 0.4) is 0 Å². The Kier molecular flexibility index (Phi) is 60.9. The largest absolute Gasteiger partial charge is 0.466 e. The Bertz CT molecular complexity index is 1080. The number of esters is 1. The molecule has 0 saturated carbocycles. The molecule has 2 unspecified atom stereocenters. The molecule has 0 rings (SSSR count). The van der Waals surface area contributed by atoms with Crippen molar-refractivity contribution in [3.63, 3.8) is 0 Å². The van der Waals surface area contributed by atoms with Gasteiger partial charge in [0.1, 0.15) is 0 Å². The van der Waals surface area contributed by atoms with Gasteiger partial charge in [-0.25, -0.2) is 0 Å². The lowest BCUT2D eigenvalue weighted by atomic mass is 10.0. The molecule has 428 valence electrons. The number of amides is 1. The first kappa shape index (κ1) is 70.6. The number of nitrogens with one attached hydrogen (secondary N) is 1. The summed E-state index contributed by atoms with van der Waals surface area (Å²) in [5, 5.41) is 23.2. The lowest BCUT2D eigenvalue weighted by Crippen LogP contribution is -2.45. The molecule has 0 bridgehead atoms. The highest BCUT2D eigenvalue weighted by molar-refractivity contribution is 5.76. The van der Waals surface area contributed by atoms with E-state index in [9.17, 15) is 19.8 Å². The zero-order valence-corrected chi connectivity index (χ0v) is 48.9. The molecule has 72 heavy (non-hydrogen) atoms. The van der Waals surface area contributed by atoms with E-state index in [2.05, 4.69) is 19.2 Å². The van der Waals surface area contributed by atoms with Gasteiger partial charge >= 0.3 is 5.97 Å². The van der Waals surface area contributed by atoms with Crippen LogP contribution in [-0.2, 0) is 14.3 Å². The highest BCUT2D eigenvalue weighted by Gasteiger charge is 2.18. The molecule has 0 aromatic carbocycles. The SMILES string of the molecule is CCCCCCCCCCCCCCCCCCCCC/C=C/C(O)C(CO)NC(=O)CCCCCCCCCCCCCCCCCCOC(=O)CCCCCCCCCCCCCCCCCCCC. The molecule has 0 radical (unpaired) electrons. The van der Waals surface area contributed by atoms with Gasteiger partial charge < -0.3 is 20.3 Å². The van der Waals surface area contributed by atoms with Crippen LogP contribution in [0.25, 0.3) is 0 Å². The van der Waals surface area contributed by atoms with Crippen LogP contribution in [0.1, 0.15) is 373 Å². The fraction of sp³-hybridized carbons (Fsp3) is 0.939. The summed E-state index contributed by atoms with van der Waals surface area (Å²) in [6.45, 7) is 4.93. The topological polar surface area (TPSA) is 95.9 Å². The van der Waals surface area contributed by atoms with Crippen LogP contribution in [0.4, 0.5) is 0 Å². The normalized spacial score (nSPS) is 12.6. The third-order valence-corrected chi connectivity index (χ3v) is 15.6. The van der Waals surface area contributed by atoms with E-state index in [1.165, 1.54) is 302 Å². The molecule has 0 fully saturated rings. The molecule has 0 heterocycles. The molecule has 0 aliphatic heterocycles. The standard InChI is InChI=1S/C66H129NO5/c1-3-5-7-9-11-13-15-17-19-21-23-24-25-26-30-34-38-42-46-50-54-58-64(69)63(62-68)67-65(70)59-55-51-47-43-39-35-31-28-29-33-37-41-45-49-53-57-61-72-66(71)60-56-52-48-44-40-36-32-27-22-20-18-16-14-12-10-8-6-4-2/h54,58,63-64,68-69H,3-53,55-57,59-62H2,1-2H3,(H,67,70)/b58-54+. The fourth-order valence-electron chi connectivity index (χ4n) is 10.5. The smallest absolute Gasteiger partial charge is 0.305 e. The summed E-state index contributed by atoms with van der Waals surface area (Å²) in [5.41, 5.74) is 0. The van der Waals surface area contributed by atoms with Crippen LogP contribution < -0.4 is 5.32 Å². The van der Waals surface area contributed by atoms with Crippen molar-refractivity contribution in [2.45, 2.75) is 386 Å².